The number of nitrogens with zero attached hydrogens (tertiary/aromatic N) is 1. The average Bonchev–Trinajstić information content (AvgIpc) is 3.04. The number of aliphatic imine (C=N–C) groups is 1. The Kier molecular flexibility index (Phi) is 19.2. The van der Waals surface area contributed by atoms with Crippen molar-refractivity contribution in [3.8, 4) is 0 Å². The normalized spacial score (nSPS) is 14.1. The molecule has 110 valence electrons. The largest absolute Gasteiger partial charge is 0 e. The van der Waals surface area contributed by atoms with Gasteiger partial charge in [-0.25, -0.2) is 4.99 Å². The van der Waals surface area contributed by atoms with Gasteiger partial charge >= 0.3 is 33.9 Å². The Balaban J connectivity index is -0.000000414. The van der Waals surface area contributed by atoms with E-state index in [9.17, 15) is 0 Å². The van der Waals surface area contributed by atoms with Gasteiger partial charge in [0.25, 0.3) is 0 Å². The maximum Gasteiger partial charge on any atom is 0 e. The Morgan fingerprint density at radius 1 is 1.05 bits per heavy atom. The van der Waals surface area contributed by atoms with Crippen LogP contribution in [0.15, 0.2) is 35.3 Å². The van der Waals surface area contributed by atoms with Crippen LogP contribution in [0, 0.1) is 25.9 Å². The number of ether oxygens (including phenoxy) is 1. The summed E-state index contributed by atoms with van der Waals surface area (Å²) in [5, 5.41) is 0. The van der Waals surface area contributed by atoms with Crippen LogP contribution in [0.3, 0.4) is 0 Å². The van der Waals surface area contributed by atoms with E-state index in [0.29, 0.717) is 12.0 Å². The first-order chi connectivity index (χ1) is 9.77. The van der Waals surface area contributed by atoms with E-state index in [2.05, 4.69) is 38.8 Å². The van der Waals surface area contributed by atoms with E-state index in [-0.39, 0.29) is 17.4 Å². The third-order valence-electron chi connectivity index (χ3n) is 2.46. The molecular formula is C15H15CrNO4. The molecule has 6 heteroatoms. The van der Waals surface area contributed by atoms with Crippen molar-refractivity contribution in [3.63, 3.8) is 0 Å². The van der Waals surface area contributed by atoms with Gasteiger partial charge in [-0.2, -0.15) is 0 Å². The smallest absolute Gasteiger partial charge is 0 e. The van der Waals surface area contributed by atoms with E-state index in [1.807, 2.05) is 30.3 Å². The van der Waals surface area contributed by atoms with Crippen LogP contribution in [0.2, 0.25) is 0 Å². The standard InChI is InChI=1S/C12H15NO.3CO.Cr/c1-9(2)11-8-14-12(13-11)10-6-4-3-5-7-10;3*1-2;/h3-7,9,11H,8H2,1-2H3;;;;/t11-;;;;/m1..../s1. The third kappa shape index (κ3) is 9.07. The quantitative estimate of drug-likeness (QED) is 0.607. The maximum absolute atomic E-state index is 7.50. The van der Waals surface area contributed by atoms with Crippen molar-refractivity contribution < 1.29 is 36.1 Å². The molecule has 1 aliphatic rings. The van der Waals surface area contributed by atoms with Gasteiger partial charge in [0.15, 0.2) is 0 Å². The van der Waals surface area contributed by atoms with Gasteiger partial charge in [0, 0.05) is 22.9 Å². The van der Waals surface area contributed by atoms with Crippen LogP contribution in [-0.2, 0) is 36.1 Å². The van der Waals surface area contributed by atoms with Gasteiger partial charge in [0.1, 0.15) is 6.61 Å². The van der Waals surface area contributed by atoms with Crippen molar-refractivity contribution in [2.24, 2.45) is 10.9 Å². The fraction of sp³-hybridized carbons (Fsp3) is 0.333. The molecule has 0 bridgehead atoms. The van der Waals surface area contributed by atoms with Crippen molar-refractivity contribution in [2.75, 3.05) is 6.61 Å². The van der Waals surface area contributed by atoms with E-state index in [1.165, 1.54) is 0 Å². The fourth-order valence-corrected chi connectivity index (χ4v) is 1.47. The first-order valence-corrected chi connectivity index (χ1v) is 5.64. The van der Waals surface area contributed by atoms with Crippen molar-refractivity contribution in [3.05, 3.63) is 55.8 Å². The molecule has 0 amide bonds. The maximum atomic E-state index is 7.50. The molecule has 5 nitrogen and oxygen atoms in total. The van der Waals surface area contributed by atoms with Crippen LogP contribution in [0.4, 0.5) is 0 Å². The van der Waals surface area contributed by atoms with Gasteiger partial charge in [-0.1, -0.05) is 32.0 Å². The first-order valence-electron chi connectivity index (χ1n) is 5.64. The first kappa shape index (κ1) is 24.5. The van der Waals surface area contributed by atoms with E-state index in [4.69, 9.17) is 18.7 Å². The van der Waals surface area contributed by atoms with E-state index in [0.717, 1.165) is 18.1 Å². The summed E-state index contributed by atoms with van der Waals surface area (Å²) in [6.45, 7) is 18.6. The minimum Gasteiger partial charge on any atom is 0 e. The molecule has 0 saturated carbocycles. The second-order valence-corrected chi connectivity index (χ2v) is 3.92. The van der Waals surface area contributed by atoms with Crippen LogP contribution < -0.4 is 0 Å². The van der Waals surface area contributed by atoms with Crippen molar-refractivity contribution in [1.82, 2.24) is 0 Å². The molecule has 0 saturated heterocycles. The minimum absolute atomic E-state index is 0. The van der Waals surface area contributed by atoms with Crippen molar-refractivity contribution in [2.45, 2.75) is 19.9 Å². The number of hydrogen-bond donors (Lipinski definition) is 0. The fourth-order valence-electron chi connectivity index (χ4n) is 1.47. The summed E-state index contributed by atoms with van der Waals surface area (Å²) in [7, 11) is 0. The number of benzene rings is 1. The summed E-state index contributed by atoms with van der Waals surface area (Å²) in [5.41, 5.74) is 1.08. The van der Waals surface area contributed by atoms with Crippen LogP contribution in [-0.4, -0.2) is 18.5 Å². The predicted octanol–water partition coefficient (Wildman–Crippen LogP) is 2.37. The third-order valence-corrected chi connectivity index (χ3v) is 2.46. The SMILES string of the molecule is CC(C)[C@H]1COC(c2ccccc2)=N1.[C-]#[O+].[C-]#[O+].[C-]#[O+].[Cr]. The van der Waals surface area contributed by atoms with E-state index < -0.39 is 0 Å². The van der Waals surface area contributed by atoms with Crippen LogP contribution in [0.25, 0.3) is 0 Å². The minimum atomic E-state index is 0. The van der Waals surface area contributed by atoms with Crippen LogP contribution in [0.5, 0.6) is 0 Å². The molecule has 0 fully saturated rings. The summed E-state index contributed by atoms with van der Waals surface area (Å²) < 4.78 is 28.1. The summed E-state index contributed by atoms with van der Waals surface area (Å²) in [6, 6.07) is 10.4. The van der Waals surface area contributed by atoms with Crippen LogP contribution >= 0.6 is 0 Å². The molecule has 1 heterocycles. The van der Waals surface area contributed by atoms with Crippen molar-refractivity contribution >= 4 is 5.90 Å². The summed E-state index contributed by atoms with van der Waals surface area (Å²) in [5.74, 6) is 1.35. The zero-order chi connectivity index (χ0) is 16.0. The molecule has 21 heavy (non-hydrogen) atoms. The molecule has 1 aromatic rings. The molecule has 2 rings (SSSR count). The number of rotatable bonds is 2. The molecule has 1 aliphatic heterocycles. The summed E-state index contributed by atoms with van der Waals surface area (Å²) >= 11 is 0. The van der Waals surface area contributed by atoms with Gasteiger partial charge in [0.05, 0.1) is 6.04 Å². The molecule has 0 radical (unpaired) electrons. The van der Waals surface area contributed by atoms with Crippen molar-refractivity contribution in [1.29, 1.82) is 0 Å². The molecule has 0 unspecified atom stereocenters. The Bertz CT molecular complexity index is 437. The van der Waals surface area contributed by atoms with Gasteiger partial charge in [-0.3, -0.25) is 0 Å². The predicted molar refractivity (Wildman–Crippen MR) is 69.3 cm³/mol. The van der Waals surface area contributed by atoms with Gasteiger partial charge in [-0.15, -0.1) is 0 Å². The van der Waals surface area contributed by atoms with Gasteiger partial charge in [-0.05, 0) is 18.1 Å². The zero-order valence-corrected chi connectivity index (χ0v) is 13.0. The molecular weight excluding hydrogens is 310 g/mol. The number of hydrogen-bond acceptors (Lipinski definition) is 2. The zero-order valence-electron chi connectivity index (χ0n) is 11.7. The molecule has 0 aromatic heterocycles. The Hall–Kier alpha value is -1.56. The second-order valence-electron chi connectivity index (χ2n) is 3.92. The summed E-state index contributed by atoms with van der Waals surface area (Å²) in [6.07, 6.45) is 0. The Morgan fingerprint density at radius 3 is 1.90 bits per heavy atom. The van der Waals surface area contributed by atoms with Crippen LogP contribution in [0.1, 0.15) is 19.4 Å². The molecule has 0 N–H and O–H groups in total. The topological polar surface area (TPSA) is 81.3 Å². The second kappa shape index (κ2) is 16.5. The molecule has 0 aliphatic carbocycles. The van der Waals surface area contributed by atoms with Gasteiger partial charge < -0.3 is 4.74 Å². The van der Waals surface area contributed by atoms with E-state index >= 15 is 0 Å². The van der Waals surface area contributed by atoms with E-state index in [1.54, 1.807) is 0 Å². The van der Waals surface area contributed by atoms with Gasteiger partial charge in [0.2, 0.25) is 5.90 Å². The summed E-state index contributed by atoms with van der Waals surface area (Å²) in [4.78, 5) is 4.55. The monoisotopic (exact) mass is 325 g/mol. The molecule has 1 aromatic carbocycles. The molecule has 0 spiro atoms. The molecule has 1 atom stereocenters. The Morgan fingerprint density at radius 2 is 1.52 bits per heavy atom. The Labute approximate surface area is 135 Å². The average molecular weight is 325 g/mol.